The first-order valence-corrected chi connectivity index (χ1v) is 10.7. The highest BCUT2D eigenvalue weighted by atomic mass is 16.5. The number of methoxy groups -OCH3 is 2. The average Bonchev–Trinajstić information content (AvgIpc) is 3.20. The molecule has 5 rings (SSSR count). The van der Waals surface area contributed by atoms with E-state index in [0.717, 1.165) is 22.3 Å². The summed E-state index contributed by atoms with van der Waals surface area (Å²) in [5.74, 6) is 2.05. The van der Waals surface area contributed by atoms with Gasteiger partial charge in [-0.05, 0) is 37.3 Å². The number of allylic oxidation sites excluding steroid dienone is 1. The number of anilines is 1. The van der Waals surface area contributed by atoms with Gasteiger partial charge in [0.05, 0.1) is 50.1 Å². The summed E-state index contributed by atoms with van der Waals surface area (Å²) in [7, 11) is 3.27. The van der Waals surface area contributed by atoms with Crippen molar-refractivity contribution in [2.75, 3.05) is 45.8 Å². The molecule has 0 saturated carbocycles. The second kappa shape index (κ2) is 8.20. The summed E-state index contributed by atoms with van der Waals surface area (Å²) in [6.07, 6.45) is 0. The first-order chi connectivity index (χ1) is 15.6. The Morgan fingerprint density at radius 1 is 1.12 bits per heavy atom. The zero-order chi connectivity index (χ0) is 22.2. The maximum absolute atomic E-state index is 13.8. The molecule has 3 aromatic rings. The van der Waals surface area contributed by atoms with Crippen LogP contribution >= 0.6 is 0 Å². The van der Waals surface area contributed by atoms with Crippen molar-refractivity contribution in [3.8, 4) is 11.5 Å². The zero-order valence-electron chi connectivity index (χ0n) is 18.4. The van der Waals surface area contributed by atoms with Crippen LogP contribution in [-0.4, -0.2) is 60.9 Å². The Morgan fingerprint density at radius 3 is 2.66 bits per heavy atom. The van der Waals surface area contributed by atoms with Crippen LogP contribution in [0.1, 0.15) is 18.5 Å². The second-order valence-corrected chi connectivity index (χ2v) is 7.87. The van der Waals surface area contributed by atoms with Gasteiger partial charge in [-0.15, -0.1) is 0 Å². The molecule has 1 atom stereocenters. The summed E-state index contributed by atoms with van der Waals surface area (Å²) in [6.45, 7) is 4.14. The monoisotopic (exact) mass is 434 g/mol. The predicted molar refractivity (Wildman–Crippen MR) is 121 cm³/mol. The van der Waals surface area contributed by atoms with Gasteiger partial charge in [-0.2, -0.15) is 0 Å². The number of hydrogen-bond donors (Lipinski definition) is 1. The van der Waals surface area contributed by atoms with Gasteiger partial charge in [0.25, 0.3) is 5.91 Å². The molecule has 2 aromatic carbocycles. The van der Waals surface area contributed by atoms with E-state index >= 15 is 0 Å². The Balaban J connectivity index is 1.75. The summed E-state index contributed by atoms with van der Waals surface area (Å²) in [4.78, 5) is 20.5. The summed E-state index contributed by atoms with van der Waals surface area (Å²) in [5, 5.41) is 3.37. The molecule has 32 heavy (non-hydrogen) atoms. The lowest BCUT2D eigenvalue weighted by atomic mass is 9.92. The number of rotatable bonds is 4. The maximum Gasteiger partial charge on any atom is 0.254 e. The lowest BCUT2D eigenvalue weighted by molar-refractivity contribution is -0.131. The van der Waals surface area contributed by atoms with Crippen LogP contribution in [0.15, 0.2) is 53.7 Å². The Morgan fingerprint density at radius 2 is 1.91 bits per heavy atom. The number of carbonyl (C=O) groups is 1. The quantitative estimate of drug-likeness (QED) is 0.680. The third-order valence-corrected chi connectivity index (χ3v) is 6.09. The average molecular weight is 434 g/mol. The predicted octanol–water partition coefficient (Wildman–Crippen LogP) is 3.20. The molecule has 1 N–H and O–H groups in total. The largest absolute Gasteiger partial charge is 0.497 e. The van der Waals surface area contributed by atoms with Crippen LogP contribution in [0.4, 0.5) is 5.95 Å². The van der Waals surface area contributed by atoms with Gasteiger partial charge in [0.1, 0.15) is 11.5 Å². The minimum Gasteiger partial charge on any atom is -0.497 e. The number of ether oxygens (including phenoxy) is 3. The van der Waals surface area contributed by atoms with Crippen LogP contribution in [0.5, 0.6) is 11.5 Å². The number of imidazole rings is 1. The van der Waals surface area contributed by atoms with Crippen LogP contribution in [-0.2, 0) is 9.53 Å². The molecule has 0 radical (unpaired) electrons. The number of para-hydroxylation sites is 2. The highest BCUT2D eigenvalue weighted by Gasteiger charge is 2.38. The van der Waals surface area contributed by atoms with Crippen LogP contribution in [0.3, 0.4) is 0 Å². The van der Waals surface area contributed by atoms with Gasteiger partial charge < -0.3 is 24.4 Å². The normalized spacial score (nSPS) is 18.3. The third-order valence-electron chi connectivity index (χ3n) is 6.09. The van der Waals surface area contributed by atoms with Crippen molar-refractivity contribution < 1.29 is 19.0 Å². The third kappa shape index (κ3) is 3.27. The summed E-state index contributed by atoms with van der Waals surface area (Å²) in [5.41, 5.74) is 4.07. The Bertz CT molecular complexity index is 1210. The fourth-order valence-electron chi connectivity index (χ4n) is 4.53. The van der Waals surface area contributed by atoms with Gasteiger partial charge in [-0.25, -0.2) is 4.98 Å². The number of morpholine rings is 1. The molecule has 1 amide bonds. The SMILES string of the molecule is COc1ccc(OC)c(C2C(C(=O)N3CCOCC3)=C(C)Nc3nc4ccccc4n32)c1. The summed E-state index contributed by atoms with van der Waals surface area (Å²) < 4.78 is 18.8. The van der Waals surface area contributed by atoms with Crippen LogP contribution in [0.2, 0.25) is 0 Å². The topological polar surface area (TPSA) is 77.8 Å². The Kier molecular flexibility index (Phi) is 5.22. The fraction of sp³-hybridized carbons (Fsp3) is 0.333. The van der Waals surface area contributed by atoms with Crippen molar-refractivity contribution in [2.24, 2.45) is 0 Å². The molecule has 166 valence electrons. The minimum absolute atomic E-state index is 0.0170. The van der Waals surface area contributed by atoms with E-state index in [1.54, 1.807) is 14.2 Å². The van der Waals surface area contributed by atoms with E-state index in [-0.39, 0.29) is 5.91 Å². The number of nitrogens with one attached hydrogen (secondary N) is 1. The Hall–Kier alpha value is -3.52. The molecule has 0 spiro atoms. The van der Waals surface area contributed by atoms with E-state index in [9.17, 15) is 4.79 Å². The number of hydrogen-bond acceptors (Lipinski definition) is 6. The molecule has 0 bridgehead atoms. The molecule has 2 aliphatic heterocycles. The first-order valence-electron chi connectivity index (χ1n) is 10.7. The fourth-order valence-corrected chi connectivity index (χ4v) is 4.53. The van der Waals surface area contributed by atoms with Gasteiger partial charge >= 0.3 is 0 Å². The van der Waals surface area contributed by atoms with Crippen LogP contribution in [0, 0.1) is 0 Å². The van der Waals surface area contributed by atoms with Gasteiger partial charge in [-0.3, -0.25) is 9.36 Å². The summed E-state index contributed by atoms with van der Waals surface area (Å²) in [6, 6.07) is 13.2. The number of nitrogens with zero attached hydrogens (tertiary/aromatic N) is 3. The lowest BCUT2D eigenvalue weighted by Crippen LogP contribution is -2.44. The molecule has 1 aromatic heterocycles. The van der Waals surface area contributed by atoms with Crippen LogP contribution < -0.4 is 14.8 Å². The van der Waals surface area contributed by atoms with Crippen LogP contribution in [0.25, 0.3) is 11.0 Å². The number of carbonyl (C=O) groups excluding carboxylic acids is 1. The highest BCUT2D eigenvalue weighted by Crippen LogP contribution is 2.43. The van der Waals surface area contributed by atoms with E-state index in [2.05, 4.69) is 9.88 Å². The van der Waals surface area contributed by atoms with E-state index in [0.29, 0.717) is 49.3 Å². The van der Waals surface area contributed by atoms with Crippen molar-refractivity contribution in [3.63, 3.8) is 0 Å². The number of benzene rings is 2. The number of fused-ring (bicyclic) bond motifs is 3. The lowest BCUT2D eigenvalue weighted by Gasteiger charge is -2.35. The van der Waals surface area contributed by atoms with Crippen molar-refractivity contribution in [1.82, 2.24) is 14.5 Å². The number of aromatic nitrogens is 2. The molecule has 8 heteroatoms. The second-order valence-electron chi connectivity index (χ2n) is 7.87. The molecule has 8 nitrogen and oxygen atoms in total. The molecular weight excluding hydrogens is 408 g/mol. The molecule has 2 aliphatic rings. The maximum atomic E-state index is 13.8. The zero-order valence-corrected chi connectivity index (χ0v) is 18.4. The van der Waals surface area contributed by atoms with Crippen molar-refractivity contribution in [1.29, 1.82) is 0 Å². The molecular formula is C24H26N4O4. The van der Waals surface area contributed by atoms with E-state index in [1.807, 2.05) is 54.3 Å². The van der Waals surface area contributed by atoms with Crippen molar-refractivity contribution in [2.45, 2.75) is 13.0 Å². The highest BCUT2D eigenvalue weighted by molar-refractivity contribution is 5.98. The van der Waals surface area contributed by atoms with E-state index in [4.69, 9.17) is 19.2 Å². The molecule has 1 saturated heterocycles. The van der Waals surface area contributed by atoms with E-state index < -0.39 is 6.04 Å². The summed E-state index contributed by atoms with van der Waals surface area (Å²) >= 11 is 0. The van der Waals surface area contributed by atoms with Gasteiger partial charge in [0.2, 0.25) is 5.95 Å². The number of amides is 1. The van der Waals surface area contributed by atoms with Gasteiger partial charge in [0.15, 0.2) is 0 Å². The standard InChI is InChI=1S/C24H26N4O4/c1-15-21(23(29)27-10-12-32-13-11-27)22(17-14-16(30-2)8-9-20(17)31-3)28-19-7-5-4-6-18(19)26-24(28)25-15/h4-9,14,22H,10-13H2,1-3H3,(H,25,26). The smallest absolute Gasteiger partial charge is 0.254 e. The van der Waals surface area contributed by atoms with Gasteiger partial charge in [0, 0.05) is 24.4 Å². The van der Waals surface area contributed by atoms with E-state index in [1.165, 1.54) is 0 Å². The minimum atomic E-state index is -0.431. The molecule has 1 unspecified atom stereocenters. The van der Waals surface area contributed by atoms with Crippen molar-refractivity contribution in [3.05, 3.63) is 59.3 Å². The molecule has 3 heterocycles. The Labute approximate surface area is 186 Å². The van der Waals surface area contributed by atoms with Crippen molar-refractivity contribution >= 4 is 22.9 Å². The molecule has 0 aliphatic carbocycles. The molecule has 1 fully saturated rings. The van der Waals surface area contributed by atoms with Gasteiger partial charge in [-0.1, -0.05) is 12.1 Å². The first kappa shape index (κ1) is 20.4.